The van der Waals surface area contributed by atoms with Crippen LogP contribution in [0.15, 0.2) is 27.1 Å². The van der Waals surface area contributed by atoms with Crippen LogP contribution in [0.25, 0.3) is 0 Å². The van der Waals surface area contributed by atoms with Crippen LogP contribution in [0.4, 0.5) is 0 Å². The summed E-state index contributed by atoms with van der Waals surface area (Å²) in [5.74, 6) is -0.0825. The monoisotopic (exact) mass is 376 g/mol. The quantitative estimate of drug-likeness (QED) is 0.797. The highest BCUT2D eigenvalue weighted by atomic mass is 79.9. The molecule has 0 aromatic heterocycles. The van der Waals surface area contributed by atoms with Crippen LogP contribution in [0, 0.1) is 0 Å². The van der Waals surface area contributed by atoms with Gasteiger partial charge in [0.15, 0.2) is 0 Å². The van der Waals surface area contributed by atoms with E-state index >= 15 is 0 Å². The summed E-state index contributed by atoms with van der Waals surface area (Å²) in [5, 5.41) is 2.97. The fourth-order valence-corrected chi connectivity index (χ4v) is 2.86. The zero-order chi connectivity index (χ0) is 13.5. The molecule has 1 aromatic carbocycles. The number of rotatable bonds is 6. The zero-order valence-electron chi connectivity index (χ0n) is 10.4. The summed E-state index contributed by atoms with van der Waals surface area (Å²) in [4.78, 5) is 12.1. The number of nitrogens with one attached hydrogen (secondary N) is 1. The Hall–Kier alpha value is -0.390. The number of benzene rings is 1. The van der Waals surface area contributed by atoms with Crippen LogP contribution >= 0.6 is 31.9 Å². The van der Waals surface area contributed by atoms with Crippen molar-refractivity contribution in [3.8, 4) is 0 Å². The van der Waals surface area contributed by atoms with E-state index in [9.17, 15) is 4.79 Å². The Bertz CT molecular complexity index is 410. The van der Waals surface area contributed by atoms with Crippen molar-refractivity contribution in [1.82, 2.24) is 5.32 Å². The molecule has 1 amide bonds. The lowest BCUT2D eigenvalue weighted by Crippen LogP contribution is -2.40. The largest absolute Gasteiger partial charge is 0.348 e. The van der Waals surface area contributed by atoms with E-state index in [0.717, 1.165) is 28.2 Å². The van der Waals surface area contributed by atoms with E-state index in [0.29, 0.717) is 12.1 Å². The summed E-state index contributed by atoms with van der Waals surface area (Å²) in [6, 6.07) is 5.55. The Balaban J connectivity index is 2.68. The molecule has 1 atom stereocenters. The van der Waals surface area contributed by atoms with Gasteiger partial charge in [-0.2, -0.15) is 0 Å². The van der Waals surface area contributed by atoms with E-state index in [2.05, 4.69) is 44.1 Å². The van der Waals surface area contributed by atoms with Crippen molar-refractivity contribution in [2.75, 3.05) is 6.54 Å². The smallest absolute Gasteiger partial charge is 0.252 e. The molecule has 5 heteroatoms. The summed E-state index contributed by atoms with van der Waals surface area (Å²) in [6.45, 7) is 2.60. The third-order valence-electron chi connectivity index (χ3n) is 2.70. The van der Waals surface area contributed by atoms with Gasteiger partial charge in [-0.05, 0) is 40.5 Å². The fourth-order valence-electron chi connectivity index (χ4n) is 1.64. The second kappa shape index (κ2) is 7.92. The number of amides is 1. The lowest BCUT2D eigenvalue weighted by molar-refractivity contribution is 0.0935. The molecular weight excluding hydrogens is 360 g/mol. The molecule has 0 fully saturated rings. The Kier molecular flexibility index (Phi) is 6.89. The molecule has 0 spiro atoms. The van der Waals surface area contributed by atoms with Gasteiger partial charge in [0, 0.05) is 21.5 Å². The van der Waals surface area contributed by atoms with Gasteiger partial charge in [0.05, 0.1) is 5.56 Å². The molecule has 0 radical (unpaired) electrons. The fraction of sp³-hybridized carbons (Fsp3) is 0.462. The minimum atomic E-state index is -0.0825. The van der Waals surface area contributed by atoms with E-state index in [1.165, 1.54) is 0 Å². The van der Waals surface area contributed by atoms with Crippen LogP contribution in [0.5, 0.6) is 0 Å². The maximum atomic E-state index is 12.1. The maximum absolute atomic E-state index is 12.1. The van der Waals surface area contributed by atoms with Crippen molar-refractivity contribution in [3.63, 3.8) is 0 Å². The first-order valence-corrected chi connectivity index (χ1v) is 7.63. The van der Waals surface area contributed by atoms with Crippen LogP contribution < -0.4 is 11.1 Å². The minimum absolute atomic E-state index is 0.0491. The Labute approximate surface area is 125 Å². The van der Waals surface area contributed by atoms with Crippen molar-refractivity contribution in [1.29, 1.82) is 0 Å². The van der Waals surface area contributed by atoms with Gasteiger partial charge in [-0.15, -0.1) is 0 Å². The Morgan fingerprint density at radius 2 is 2.17 bits per heavy atom. The molecule has 0 bridgehead atoms. The normalized spacial score (nSPS) is 12.2. The predicted molar refractivity (Wildman–Crippen MR) is 81.7 cm³/mol. The van der Waals surface area contributed by atoms with E-state index in [4.69, 9.17) is 5.73 Å². The number of halogens is 2. The standard InChI is InChI=1S/C13H18Br2N2O/c1-2-3-4-10(8-16)17-13(18)11-6-5-9(14)7-12(11)15/h5-7,10H,2-4,8,16H2,1H3,(H,17,18). The summed E-state index contributed by atoms with van der Waals surface area (Å²) >= 11 is 6.75. The first kappa shape index (κ1) is 15.7. The van der Waals surface area contributed by atoms with Crippen molar-refractivity contribution in [2.24, 2.45) is 5.73 Å². The summed E-state index contributed by atoms with van der Waals surface area (Å²) in [6.07, 6.45) is 3.10. The molecule has 0 aliphatic rings. The second-order valence-corrected chi connectivity index (χ2v) is 5.94. The zero-order valence-corrected chi connectivity index (χ0v) is 13.6. The van der Waals surface area contributed by atoms with Gasteiger partial charge in [0.1, 0.15) is 0 Å². The first-order chi connectivity index (χ1) is 8.58. The number of carbonyl (C=O) groups is 1. The average molecular weight is 378 g/mol. The van der Waals surface area contributed by atoms with Gasteiger partial charge < -0.3 is 11.1 Å². The van der Waals surface area contributed by atoms with Crippen LogP contribution in [-0.4, -0.2) is 18.5 Å². The molecule has 0 saturated heterocycles. The predicted octanol–water partition coefficient (Wildman–Crippen LogP) is 3.46. The highest BCUT2D eigenvalue weighted by molar-refractivity contribution is 9.11. The van der Waals surface area contributed by atoms with Gasteiger partial charge in [-0.3, -0.25) is 4.79 Å². The number of hydrogen-bond donors (Lipinski definition) is 2. The molecule has 0 aliphatic carbocycles. The SMILES string of the molecule is CCCCC(CN)NC(=O)c1ccc(Br)cc1Br. The molecule has 1 unspecified atom stereocenters. The maximum Gasteiger partial charge on any atom is 0.252 e. The number of unbranched alkanes of at least 4 members (excludes halogenated alkanes) is 1. The van der Waals surface area contributed by atoms with Gasteiger partial charge in [-0.25, -0.2) is 0 Å². The highest BCUT2D eigenvalue weighted by Gasteiger charge is 2.14. The molecular formula is C13H18Br2N2O. The average Bonchev–Trinajstić information content (AvgIpc) is 2.34. The molecule has 3 N–H and O–H groups in total. The van der Waals surface area contributed by atoms with Gasteiger partial charge in [-0.1, -0.05) is 35.7 Å². The van der Waals surface area contributed by atoms with E-state index in [-0.39, 0.29) is 11.9 Å². The molecule has 18 heavy (non-hydrogen) atoms. The lowest BCUT2D eigenvalue weighted by Gasteiger charge is -2.17. The first-order valence-electron chi connectivity index (χ1n) is 6.04. The Morgan fingerprint density at radius 3 is 2.72 bits per heavy atom. The van der Waals surface area contributed by atoms with Crippen molar-refractivity contribution >= 4 is 37.8 Å². The van der Waals surface area contributed by atoms with Crippen LogP contribution in [0.1, 0.15) is 36.5 Å². The van der Waals surface area contributed by atoms with E-state index < -0.39 is 0 Å². The summed E-state index contributed by atoms with van der Waals surface area (Å²) < 4.78 is 1.72. The van der Waals surface area contributed by atoms with Crippen LogP contribution in [0.2, 0.25) is 0 Å². The Morgan fingerprint density at radius 1 is 1.44 bits per heavy atom. The van der Waals surface area contributed by atoms with Gasteiger partial charge in [0.2, 0.25) is 0 Å². The third kappa shape index (κ3) is 4.71. The number of nitrogens with two attached hydrogens (primary N) is 1. The van der Waals surface area contributed by atoms with Crippen molar-refractivity contribution < 1.29 is 4.79 Å². The van der Waals surface area contributed by atoms with E-state index in [1.54, 1.807) is 6.07 Å². The molecule has 0 aliphatic heterocycles. The molecule has 1 aromatic rings. The van der Waals surface area contributed by atoms with Crippen LogP contribution in [-0.2, 0) is 0 Å². The molecule has 3 nitrogen and oxygen atoms in total. The number of hydrogen-bond acceptors (Lipinski definition) is 2. The lowest BCUT2D eigenvalue weighted by atomic mass is 10.1. The molecule has 0 saturated carbocycles. The second-order valence-electron chi connectivity index (χ2n) is 4.17. The van der Waals surface area contributed by atoms with Gasteiger partial charge in [0.25, 0.3) is 5.91 Å². The summed E-state index contributed by atoms with van der Waals surface area (Å²) in [5.41, 5.74) is 6.30. The molecule has 100 valence electrons. The van der Waals surface area contributed by atoms with Gasteiger partial charge >= 0.3 is 0 Å². The van der Waals surface area contributed by atoms with Crippen LogP contribution in [0.3, 0.4) is 0 Å². The number of carbonyl (C=O) groups excluding carboxylic acids is 1. The topological polar surface area (TPSA) is 55.1 Å². The van der Waals surface area contributed by atoms with E-state index in [1.807, 2.05) is 12.1 Å². The van der Waals surface area contributed by atoms with Crippen molar-refractivity contribution in [3.05, 3.63) is 32.7 Å². The van der Waals surface area contributed by atoms with Crippen molar-refractivity contribution in [2.45, 2.75) is 32.2 Å². The highest BCUT2D eigenvalue weighted by Crippen LogP contribution is 2.22. The molecule has 1 rings (SSSR count). The molecule has 0 heterocycles. The minimum Gasteiger partial charge on any atom is -0.348 e. The summed E-state index contributed by atoms with van der Waals surface area (Å²) in [7, 11) is 0. The third-order valence-corrected chi connectivity index (χ3v) is 3.85.